The van der Waals surface area contributed by atoms with Gasteiger partial charge in [0.15, 0.2) is 12.7 Å². The van der Waals surface area contributed by atoms with Crippen LogP contribution in [-0.2, 0) is 19.1 Å². The number of benzene rings is 1. The summed E-state index contributed by atoms with van der Waals surface area (Å²) in [5.74, 6) is -0.826. The molecule has 0 aromatic heterocycles. The van der Waals surface area contributed by atoms with Crippen molar-refractivity contribution in [3.63, 3.8) is 0 Å². The van der Waals surface area contributed by atoms with Gasteiger partial charge in [0.1, 0.15) is 5.75 Å². The van der Waals surface area contributed by atoms with E-state index in [4.69, 9.17) is 9.47 Å². The summed E-state index contributed by atoms with van der Waals surface area (Å²) >= 11 is 0. The van der Waals surface area contributed by atoms with Crippen LogP contribution < -0.4 is 20.3 Å². The molecule has 0 fully saturated rings. The Morgan fingerprint density at radius 2 is 1.96 bits per heavy atom. The smallest absolute Gasteiger partial charge is 0.321 e. The molecule has 1 aromatic carbocycles. The van der Waals surface area contributed by atoms with Crippen LogP contribution in [0.4, 0.5) is 10.5 Å². The largest absolute Gasteiger partial charge is 0.479 e. The zero-order valence-electron chi connectivity index (χ0n) is 16.2. The SMILES string of the molecule is CC(C)CNC(=O)NC(=O)COC(=O)CCN1C(=O)C(C)Oc2ccccc21. The Morgan fingerprint density at radius 1 is 1.25 bits per heavy atom. The Balaban J connectivity index is 1.79. The molecule has 1 atom stereocenters. The summed E-state index contributed by atoms with van der Waals surface area (Å²) in [6.07, 6.45) is -0.749. The average Bonchev–Trinajstić information content (AvgIpc) is 2.65. The monoisotopic (exact) mass is 391 g/mol. The number of imide groups is 1. The molecule has 0 aliphatic carbocycles. The third-order valence-electron chi connectivity index (χ3n) is 3.90. The number of esters is 1. The molecule has 0 saturated carbocycles. The molecule has 9 nitrogen and oxygen atoms in total. The van der Waals surface area contributed by atoms with Crippen molar-refractivity contribution >= 4 is 29.5 Å². The highest BCUT2D eigenvalue weighted by Gasteiger charge is 2.31. The Morgan fingerprint density at radius 3 is 2.68 bits per heavy atom. The minimum atomic E-state index is -0.726. The zero-order valence-corrected chi connectivity index (χ0v) is 16.2. The van der Waals surface area contributed by atoms with Gasteiger partial charge in [-0.3, -0.25) is 19.7 Å². The van der Waals surface area contributed by atoms with Crippen molar-refractivity contribution in [2.75, 3.05) is 24.6 Å². The number of amides is 4. The molecule has 0 spiro atoms. The first-order valence-corrected chi connectivity index (χ1v) is 9.08. The number of ether oxygens (including phenoxy) is 2. The molecular formula is C19H25N3O6. The van der Waals surface area contributed by atoms with Gasteiger partial charge < -0.3 is 19.7 Å². The van der Waals surface area contributed by atoms with E-state index in [1.165, 1.54) is 4.90 Å². The average molecular weight is 391 g/mol. The van der Waals surface area contributed by atoms with E-state index in [-0.39, 0.29) is 24.8 Å². The highest BCUT2D eigenvalue weighted by molar-refractivity contribution is 6.00. The number of carbonyl (C=O) groups is 4. The number of para-hydroxylation sites is 2. The van der Waals surface area contributed by atoms with Crippen LogP contribution in [0.5, 0.6) is 5.75 Å². The quantitative estimate of drug-likeness (QED) is 0.676. The molecule has 9 heteroatoms. The summed E-state index contributed by atoms with van der Waals surface area (Å²) in [5.41, 5.74) is 0.581. The molecule has 2 N–H and O–H groups in total. The molecule has 1 heterocycles. The second-order valence-electron chi connectivity index (χ2n) is 6.78. The van der Waals surface area contributed by atoms with Crippen molar-refractivity contribution in [2.45, 2.75) is 33.3 Å². The lowest BCUT2D eigenvalue weighted by molar-refractivity contribution is -0.148. The zero-order chi connectivity index (χ0) is 20.7. The maximum Gasteiger partial charge on any atom is 0.321 e. The van der Waals surface area contributed by atoms with Gasteiger partial charge >= 0.3 is 12.0 Å². The number of fused-ring (bicyclic) bond motifs is 1. The molecular weight excluding hydrogens is 366 g/mol. The van der Waals surface area contributed by atoms with Crippen molar-refractivity contribution in [3.05, 3.63) is 24.3 Å². The number of urea groups is 1. The minimum absolute atomic E-state index is 0.0961. The van der Waals surface area contributed by atoms with Gasteiger partial charge in [0, 0.05) is 13.1 Å². The Hall–Kier alpha value is -3.10. The lowest BCUT2D eigenvalue weighted by atomic mass is 10.2. The number of anilines is 1. The summed E-state index contributed by atoms with van der Waals surface area (Å²) < 4.78 is 10.4. The van der Waals surface area contributed by atoms with Crippen LogP contribution >= 0.6 is 0 Å². The van der Waals surface area contributed by atoms with Crippen molar-refractivity contribution < 1.29 is 28.7 Å². The van der Waals surface area contributed by atoms with E-state index in [0.29, 0.717) is 18.0 Å². The molecule has 1 aliphatic rings. The summed E-state index contributed by atoms with van der Waals surface area (Å²) in [7, 11) is 0. The highest BCUT2D eigenvalue weighted by Crippen LogP contribution is 2.33. The van der Waals surface area contributed by atoms with E-state index in [2.05, 4.69) is 10.6 Å². The van der Waals surface area contributed by atoms with Gasteiger partial charge in [0.05, 0.1) is 12.1 Å². The number of nitrogens with one attached hydrogen (secondary N) is 2. The first-order chi connectivity index (χ1) is 13.3. The summed E-state index contributed by atoms with van der Waals surface area (Å²) in [6, 6.07) is 6.40. The van der Waals surface area contributed by atoms with Crippen LogP contribution in [0.25, 0.3) is 0 Å². The van der Waals surface area contributed by atoms with Crippen LogP contribution in [0.15, 0.2) is 24.3 Å². The van der Waals surface area contributed by atoms with Gasteiger partial charge in [-0.05, 0) is 25.0 Å². The van der Waals surface area contributed by atoms with E-state index >= 15 is 0 Å². The van der Waals surface area contributed by atoms with Crippen molar-refractivity contribution in [1.82, 2.24) is 10.6 Å². The molecule has 1 aromatic rings. The molecule has 1 aliphatic heterocycles. The van der Waals surface area contributed by atoms with E-state index in [1.807, 2.05) is 13.8 Å². The molecule has 28 heavy (non-hydrogen) atoms. The van der Waals surface area contributed by atoms with Gasteiger partial charge in [-0.1, -0.05) is 26.0 Å². The standard InChI is InChI=1S/C19H25N3O6/c1-12(2)10-20-19(26)21-16(23)11-27-17(24)8-9-22-14-6-4-5-7-15(14)28-13(3)18(22)25/h4-7,12-13H,8-11H2,1-3H3,(H2,20,21,23,26). The van der Waals surface area contributed by atoms with Gasteiger partial charge in [-0.2, -0.15) is 0 Å². The molecule has 4 amide bonds. The predicted octanol–water partition coefficient (Wildman–Crippen LogP) is 1.22. The summed E-state index contributed by atoms with van der Waals surface area (Å²) in [5, 5.41) is 4.59. The lowest BCUT2D eigenvalue weighted by Crippen LogP contribution is -2.45. The molecule has 0 radical (unpaired) electrons. The number of hydrogen-bond acceptors (Lipinski definition) is 6. The van der Waals surface area contributed by atoms with Crippen LogP contribution in [0.2, 0.25) is 0 Å². The first kappa shape index (κ1) is 21.2. The third-order valence-corrected chi connectivity index (χ3v) is 3.90. The van der Waals surface area contributed by atoms with E-state index in [9.17, 15) is 19.2 Å². The number of rotatable bonds is 7. The Kier molecular flexibility index (Phi) is 7.36. The van der Waals surface area contributed by atoms with Crippen LogP contribution in [0, 0.1) is 5.92 Å². The second-order valence-corrected chi connectivity index (χ2v) is 6.78. The van der Waals surface area contributed by atoms with E-state index < -0.39 is 30.6 Å². The fourth-order valence-corrected chi connectivity index (χ4v) is 2.51. The van der Waals surface area contributed by atoms with Crippen LogP contribution in [0.1, 0.15) is 27.2 Å². The molecule has 152 valence electrons. The van der Waals surface area contributed by atoms with Gasteiger partial charge in [0.2, 0.25) is 0 Å². The topological polar surface area (TPSA) is 114 Å². The highest BCUT2D eigenvalue weighted by atomic mass is 16.5. The van der Waals surface area contributed by atoms with Gasteiger partial charge in [-0.25, -0.2) is 4.79 Å². The normalized spacial score (nSPS) is 15.5. The summed E-state index contributed by atoms with van der Waals surface area (Å²) in [6.45, 7) is 5.42. The number of nitrogens with zero attached hydrogens (tertiary/aromatic N) is 1. The van der Waals surface area contributed by atoms with Crippen LogP contribution in [-0.4, -0.2) is 49.6 Å². The van der Waals surface area contributed by atoms with Crippen molar-refractivity contribution in [1.29, 1.82) is 0 Å². The predicted molar refractivity (Wildman–Crippen MR) is 101 cm³/mol. The maximum atomic E-state index is 12.3. The van der Waals surface area contributed by atoms with Gasteiger partial charge in [-0.15, -0.1) is 0 Å². The Bertz CT molecular complexity index is 749. The third kappa shape index (κ3) is 5.97. The second kappa shape index (κ2) is 9.72. The molecule has 1 unspecified atom stereocenters. The van der Waals surface area contributed by atoms with E-state index in [0.717, 1.165) is 0 Å². The van der Waals surface area contributed by atoms with E-state index in [1.54, 1.807) is 31.2 Å². The molecule has 0 saturated heterocycles. The summed E-state index contributed by atoms with van der Waals surface area (Å²) in [4.78, 5) is 48.8. The maximum absolute atomic E-state index is 12.3. The van der Waals surface area contributed by atoms with Crippen molar-refractivity contribution in [3.8, 4) is 5.75 Å². The lowest BCUT2D eigenvalue weighted by Gasteiger charge is -2.32. The molecule has 2 rings (SSSR count). The van der Waals surface area contributed by atoms with Gasteiger partial charge in [0.25, 0.3) is 11.8 Å². The fraction of sp³-hybridized carbons (Fsp3) is 0.474. The molecule has 0 bridgehead atoms. The fourth-order valence-electron chi connectivity index (χ4n) is 2.51. The number of carbonyl (C=O) groups excluding carboxylic acids is 4. The Labute approximate surface area is 163 Å². The van der Waals surface area contributed by atoms with Crippen LogP contribution in [0.3, 0.4) is 0 Å². The first-order valence-electron chi connectivity index (χ1n) is 9.08. The van der Waals surface area contributed by atoms with Crippen molar-refractivity contribution in [2.24, 2.45) is 5.92 Å². The minimum Gasteiger partial charge on any atom is -0.479 e. The number of hydrogen-bond donors (Lipinski definition) is 2.